The predicted octanol–water partition coefficient (Wildman–Crippen LogP) is 3.64. The molecule has 8 nitrogen and oxygen atoms in total. The Morgan fingerprint density at radius 3 is 2.28 bits per heavy atom. The summed E-state index contributed by atoms with van der Waals surface area (Å²) in [6.07, 6.45) is 1.25. The normalized spacial score (nSPS) is 10.2. The minimum atomic E-state index is -0.494. The molecule has 1 aromatic heterocycles. The molecule has 1 amide bonds. The standard InChI is InChI=1S/C20H19FN4O4/c1-27-16-8-14(9-17(28-2)19(16)29-3)24-18-10-15(22-11-23-18)20(26)25-13-6-4-5-12(21)7-13/h4-11H,1-3H3,(H,25,26)(H,22,23,24). The third-order valence-corrected chi connectivity index (χ3v) is 3.92. The van der Waals surface area contributed by atoms with Crippen LogP contribution >= 0.6 is 0 Å². The van der Waals surface area contributed by atoms with Crippen molar-refractivity contribution in [1.29, 1.82) is 0 Å². The maximum absolute atomic E-state index is 13.3. The van der Waals surface area contributed by atoms with Crippen molar-refractivity contribution in [3.63, 3.8) is 0 Å². The van der Waals surface area contributed by atoms with E-state index in [9.17, 15) is 9.18 Å². The van der Waals surface area contributed by atoms with Crippen LogP contribution < -0.4 is 24.8 Å². The summed E-state index contributed by atoms with van der Waals surface area (Å²) < 4.78 is 29.2. The van der Waals surface area contributed by atoms with Gasteiger partial charge in [-0.05, 0) is 18.2 Å². The highest BCUT2D eigenvalue weighted by Crippen LogP contribution is 2.40. The molecule has 0 fully saturated rings. The van der Waals surface area contributed by atoms with Crippen molar-refractivity contribution < 1.29 is 23.4 Å². The number of benzene rings is 2. The van der Waals surface area contributed by atoms with Crippen molar-refractivity contribution in [3.05, 3.63) is 60.3 Å². The highest BCUT2D eigenvalue weighted by molar-refractivity contribution is 6.03. The Labute approximate surface area is 166 Å². The number of methoxy groups -OCH3 is 3. The zero-order valence-corrected chi connectivity index (χ0v) is 16.0. The minimum Gasteiger partial charge on any atom is -0.493 e. The molecule has 3 rings (SSSR count). The first-order chi connectivity index (χ1) is 14.0. The third kappa shape index (κ3) is 4.70. The molecule has 9 heteroatoms. The molecule has 0 saturated heterocycles. The highest BCUT2D eigenvalue weighted by Gasteiger charge is 2.14. The number of hydrogen-bond donors (Lipinski definition) is 2. The average Bonchev–Trinajstić information content (AvgIpc) is 2.73. The van der Waals surface area contributed by atoms with Gasteiger partial charge in [0.1, 0.15) is 23.7 Å². The van der Waals surface area contributed by atoms with Crippen LogP contribution in [0.25, 0.3) is 0 Å². The summed E-state index contributed by atoms with van der Waals surface area (Å²) in [6, 6.07) is 10.5. The molecule has 0 unspecified atom stereocenters. The number of nitrogens with one attached hydrogen (secondary N) is 2. The maximum Gasteiger partial charge on any atom is 0.274 e. The van der Waals surface area contributed by atoms with Crippen molar-refractivity contribution >= 4 is 23.1 Å². The fourth-order valence-corrected chi connectivity index (χ4v) is 2.61. The quantitative estimate of drug-likeness (QED) is 0.627. The minimum absolute atomic E-state index is 0.110. The molecule has 2 N–H and O–H groups in total. The van der Waals surface area contributed by atoms with Gasteiger partial charge < -0.3 is 24.8 Å². The topological polar surface area (TPSA) is 94.6 Å². The summed E-state index contributed by atoms with van der Waals surface area (Å²) in [5.41, 5.74) is 1.04. The zero-order valence-electron chi connectivity index (χ0n) is 16.0. The number of rotatable bonds is 7. The van der Waals surface area contributed by atoms with Crippen LogP contribution in [0.2, 0.25) is 0 Å². The van der Waals surface area contributed by atoms with Crippen molar-refractivity contribution in [1.82, 2.24) is 9.97 Å². The van der Waals surface area contributed by atoms with Crippen LogP contribution in [-0.4, -0.2) is 37.2 Å². The molecule has 0 radical (unpaired) electrons. The van der Waals surface area contributed by atoms with Gasteiger partial charge in [-0.25, -0.2) is 14.4 Å². The van der Waals surface area contributed by atoms with Gasteiger partial charge in [0, 0.05) is 29.6 Å². The maximum atomic E-state index is 13.3. The number of hydrogen-bond acceptors (Lipinski definition) is 7. The zero-order chi connectivity index (χ0) is 20.8. The Hall–Kier alpha value is -3.88. The smallest absolute Gasteiger partial charge is 0.274 e. The number of carbonyl (C=O) groups excluding carboxylic acids is 1. The van der Waals surface area contributed by atoms with E-state index in [1.807, 2.05) is 0 Å². The number of halogens is 1. The second-order valence-electron chi connectivity index (χ2n) is 5.79. The van der Waals surface area contributed by atoms with Crippen molar-refractivity contribution in [2.24, 2.45) is 0 Å². The van der Waals surface area contributed by atoms with Crippen LogP contribution in [0.3, 0.4) is 0 Å². The lowest BCUT2D eigenvalue weighted by Gasteiger charge is -2.15. The van der Waals surface area contributed by atoms with E-state index in [1.165, 1.54) is 51.9 Å². The van der Waals surface area contributed by atoms with E-state index in [2.05, 4.69) is 20.6 Å². The second kappa shape index (κ2) is 8.87. The molecule has 150 valence electrons. The molecule has 0 atom stereocenters. The Morgan fingerprint density at radius 1 is 0.931 bits per heavy atom. The van der Waals surface area contributed by atoms with Gasteiger partial charge in [0.15, 0.2) is 11.5 Å². The molecule has 0 spiro atoms. The van der Waals surface area contributed by atoms with E-state index < -0.39 is 11.7 Å². The van der Waals surface area contributed by atoms with E-state index >= 15 is 0 Å². The Bertz CT molecular complexity index is 1000. The van der Waals surface area contributed by atoms with Crippen LogP contribution in [0.1, 0.15) is 10.5 Å². The predicted molar refractivity (Wildman–Crippen MR) is 106 cm³/mol. The van der Waals surface area contributed by atoms with E-state index in [0.29, 0.717) is 34.4 Å². The monoisotopic (exact) mass is 398 g/mol. The summed E-state index contributed by atoms with van der Waals surface area (Å²) in [5.74, 6) is 0.818. The van der Waals surface area contributed by atoms with Crippen molar-refractivity contribution in [3.8, 4) is 17.2 Å². The highest BCUT2D eigenvalue weighted by atomic mass is 19.1. The largest absolute Gasteiger partial charge is 0.493 e. The first kappa shape index (κ1) is 19.9. The first-order valence-corrected chi connectivity index (χ1v) is 8.50. The molecular formula is C20H19FN4O4. The summed E-state index contributed by atoms with van der Waals surface area (Å²) in [6.45, 7) is 0. The van der Waals surface area contributed by atoms with Crippen LogP contribution in [0, 0.1) is 5.82 Å². The number of amides is 1. The van der Waals surface area contributed by atoms with Gasteiger partial charge in [0.2, 0.25) is 5.75 Å². The number of aromatic nitrogens is 2. The van der Waals surface area contributed by atoms with Crippen LogP contribution in [-0.2, 0) is 0 Å². The number of anilines is 3. The SMILES string of the molecule is COc1cc(Nc2cc(C(=O)Nc3cccc(F)c3)ncn2)cc(OC)c1OC. The number of carbonyl (C=O) groups is 1. The second-order valence-corrected chi connectivity index (χ2v) is 5.79. The third-order valence-electron chi connectivity index (χ3n) is 3.92. The molecule has 2 aromatic carbocycles. The molecule has 29 heavy (non-hydrogen) atoms. The van der Waals surface area contributed by atoms with E-state index in [0.717, 1.165) is 0 Å². The van der Waals surface area contributed by atoms with Crippen LogP contribution in [0.5, 0.6) is 17.2 Å². The molecule has 0 aliphatic heterocycles. The van der Waals surface area contributed by atoms with Gasteiger partial charge in [-0.2, -0.15) is 0 Å². The summed E-state index contributed by atoms with van der Waals surface area (Å²) >= 11 is 0. The lowest BCUT2D eigenvalue weighted by atomic mass is 10.2. The summed E-state index contributed by atoms with van der Waals surface area (Å²) in [5, 5.41) is 5.65. The van der Waals surface area contributed by atoms with Gasteiger partial charge in [-0.3, -0.25) is 4.79 Å². The van der Waals surface area contributed by atoms with Crippen LogP contribution in [0.15, 0.2) is 48.8 Å². The van der Waals surface area contributed by atoms with Gasteiger partial charge in [-0.15, -0.1) is 0 Å². The van der Waals surface area contributed by atoms with Gasteiger partial charge in [0.25, 0.3) is 5.91 Å². The van der Waals surface area contributed by atoms with Gasteiger partial charge >= 0.3 is 0 Å². The summed E-state index contributed by atoms with van der Waals surface area (Å²) in [4.78, 5) is 20.5. The Kier molecular flexibility index (Phi) is 6.08. The van der Waals surface area contributed by atoms with E-state index in [4.69, 9.17) is 14.2 Å². The van der Waals surface area contributed by atoms with Crippen LogP contribution in [0.4, 0.5) is 21.6 Å². The molecule has 0 saturated carbocycles. The van der Waals surface area contributed by atoms with Gasteiger partial charge in [-0.1, -0.05) is 6.07 Å². The number of nitrogens with zero attached hydrogens (tertiary/aromatic N) is 2. The molecule has 1 heterocycles. The Balaban J connectivity index is 1.82. The fourth-order valence-electron chi connectivity index (χ4n) is 2.61. The molecular weight excluding hydrogens is 379 g/mol. The first-order valence-electron chi connectivity index (χ1n) is 8.50. The lowest BCUT2D eigenvalue weighted by molar-refractivity contribution is 0.102. The van der Waals surface area contributed by atoms with Gasteiger partial charge in [0.05, 0.1) is 21.3 Å². The van der Waals surface area contributed by atoms with Crippen molar-refractivity contribution in [2.75, 3.05) is 32.0 Å². The summed E-state index contributed by atoms with van der Waals surface area (Å²) in [7, 11) is 4.54. The molecule has 0 aliphatic rings. The lowest BCUT2D eigenvalue weighted by Crippen LogP contribution is -2.14. The molecule has 3 aromatic rings. The number of ether oxygens (including phenoxy) is 3. The van der Waals surface area contributed by atoms with E-state index in [1.54, 1.807) is 18.2 Å². The van der Waals surface area contributed by atoms with E-state index in [-0.39, 0.29) is 5.69 Å². The van der Waals surface area contributed by atoms with Crippen molar-refractivity contribution in [2.45, 2.75) is 0 Å². The molecule has 0 bridgehead atoms. The fraction of sp³-hybridized carbons (Fsp3) is 0.150. The Morgan fingerprint density at radius 2 is 1.66 bits per heavy atom. The average molecular weight is 398 g/mol. The molecule has 0 aliphatic carbocycles.